The van der Waals surface area contributed by atoms with Gasteiger partial charge in [0.1, 0.15) is 11.4 Å². The molecule has 2 bridgehead atoms. The maximum atomic E-state index is 13.2. The lowest BCUT2D eigenvalue weighted by Crippen LogP contribution is -2.28. The summed E-state index contributed by atoms with van der Waals surface area (Å²) in [7, 11) is 0. The Bertz CT molecular complexity index is 1370. The van der Waals surface area contributed by atoms with Gasteiger partial charge in [0.05, 0.1) is 5.56 Å². The van der Waals surface area contributed by atoms with Gasteiger partial charge in [-0.25, -0.2) is 4.79 Å². The summed E-state index contributed by atoms with van der Waals surface area (Å²) in [6, 6.07) is 22.1. The molecule has 0 aliphatic heterocycles. The van der Waals surface area contributed by atoms with Crippen molar-refractivity contribution in [1.29, 1.82) is 0 Å². The molecule has 0 aromatic heterocycles. The molecule has 0 amide bonds. The second-order valence-electron chi connectivity index (χ2n) is 8.98. The number of phenols is 1. The Balaban J connectivity index is 1.42. The van der Waals surface area contributed by atoms with E-state index in [0.717, 1.165) is 58.4 Å². The van der Waals surface area contributed by atoms with Crippen molar-refractivity contribution in [2.45, 2.75) is 44.1 Å². The van der Waals surface area contributed by atoms with Crippen molar-refractivity contribution in [2.75, 3.05) is 0 Å². The summed E-state index contributed by atoms with van der Waals surface area (Å²) in [5.74, 6) is 0.319. The Hall–Kier alpha value is -3.33. The van der Waals surface area contributed by atoms with Gasteiger partial charge in [-0.3, -0.25) is 0 Å². The third-order valence-electron chi connectivity index (χ3n) is 7.27. The first-order valence-electron chi connectivity index (χ1n) is 11.1. The van der Waals surface area contributed by atoms with Crippen molar-refractivity contribution in [3.8, 4) is 5.75 Å². The molecule has 2 atom stereocenters. The van der Waals surface area contributed by atoms with Crippen LogP contribution in [0.5, 0.6) is 5.75 Å². The summed E-state index contributed by atoms with van der Waals surface area (Å²) in [5, 5.41) is 15.1. The number of hydrogen-bond donors (Lipinski definition) is 1. The maximum Gasteiger partial charge on any atom is 0.339 e. The monoisotopic (exact) mass is 408 g/mol. The van der Waals surface area contributed by atoms with E-state index < -0.39 is 5.60 Å². The van der Waals surface area contributed by atoms with Gasteiger partial charge in [0.15, 0.2) is 0 Å². The Morgan fingerprint density at radius 3 is 2.71 bits per heavy atom. The molecular weight excluding hydrogens is 384 g/mol. The molecule has 0 spiro atoms. The lowest BCUT2D eigenvalue weighted by Gasteiger charge is -2.30. The number of hydrogen-bond acceptors (Lipinski definition) is 3. The zero-order chi connectivity index (χ0) is 21.2. The number of aryl methyl sites for hydroxylation is 1. The molecule has 0 heterocycles. The number of carbonyl (C=O) groups excluding carboxylic acids is 1. The summed E-state index contributed by atoms with van der Waals surface area (Å²) in [6.07, 6.45) is 3.44. The Morgan fingerprint density at radius 1 is 1.03 bits per heavy atom. The average Bonchev–Trinajstić information content (AvgIpc) is 3.35. The van der Waals surface area contributed by atoms with Gasteiger partial charge in [0.2, 0.25) is 0 Å². The fraction of sp³-hybridized carbons (Fsp3) is 0.250. The van der Waals surface area contributed by atoms with Gasteiger partial charge in [0, 0.05) is 16.5 Å². The van der Waals surface area contributed by atoms with Gasteiger partial charge in [-0.2, -0.15) is 0 Å². The summed E-state index contributed by atoms with van der Waals surface area (Å²) in [4.78, 5) is 13.2. The van der Waals surface area contributed by atoms with Gasteiger partial charge in [-0.05, 0) is 71.5 Å². The minimum atomic E-state index is -0.642. The first-order valence-corrected chi connectivity index (χ1v) is 11.1. The van der Waals surface area contributed by atoms with Gasteiger partial charge in [-0.1, -0.05) is 55.5 Å². The van der Waals surface area contributed by atoms with Crippen LogP contribution in [0.1, 0.15) is 59.2 Å². The van der Waals surface area contributed by atoms with E-state index in [4.69, 9.17) is 4.74 Å². The lowest BCUT2D eigenvalue weighted by atomic mass is 9.85. The van der Waals surface area contributed by atoms with Crippen molar-refractivity contribution >= 4 is 27.5 Å². The topological polar surface area (TPSA) is 46.5 Å². The highest BCUT2D eigenvalue weighted by molar-refractivity contribution is 5.96. The van der Waals surface area contributed by atoms with Crippen molar-refractivity contribution < 1.29 is 14.6 Å². The summed E-state index contributed by atoms with van der Waals surface area (Å²) >= 11 is 0. The Kier molecular flexibility index (Phi) is 3.92. The van der Waals surface area contributed by atoms with E-state index in [2.05, 4.69) is 25.1 Å². The van der Waals surface area contributed by atoms with Gasteiger partial charge >= 0.3 is 5.97 Å². The number of aromatic hydroxyl groups is 1. The molecular formula is C28H24O3. The van der Waals surface area contributed by atoms with E-state index in [1.807, 2.05) is 48.5 Å². The predicted octanol–water partition coefficient (Wildman–Crippen LogP) is 6.59. The van der Waals surface area contributed by atoms with Crippen molar-refractivity contribution in [3.63, 3.8) is 0 Å². The lowest BCUT2D eigenvalue weighted by molar-refractivity contribution is -0.0158. The predicted molar refractivity (Wildman–Crippen MR) is 123 cm³/mol. The quantitative estimate of drug-likeness (QED) is 0.389. The average molecular weight is 408 g/mol. The van der Waals surface area contributed by atoms with E-state index in [1.54, 1.807) is 0 Å². The second-order valence-corrected chi connectivity index (χ2v) is 8.98. The van der Waals surface area contributed by atoms with Gasteiger partial charge in [0.25, 0.3) is 0 Å². The largest absolute Gasteiger partial charge is 0.507 e. The number of ether oxygens (including phenoxy) is 1. The van der Waals surface area contributed by atoms with Crippen LogP contribution in [0.3, 0.4) is 0 Å². The standard InChI is InChI=1S/C28H24O3/c1-2-17-7-10-23-22(13-17)15-24-25(26(23)29)21-11-12-28(24,16-21)31-27(30)20-9-8-18-5-3-4-6-19(18)14-20/h3-10,13-15,21,29H,2,11-12,16H2,1H3. The zero-order valence-electron chi connectivity index (χ0n) is 17.5. The minimum Gasteiger partial charge on any atom is -0.507 e. The number of esters is 1. The number of rotatable bonds is 3. The molecule has 0 saturated heterocycles. The summed E-state index contributed by atoms with van der Waals surface area (Å²) < 4.78 is 6.26. The third-order valence-corrected chi connectivity index (χ3v) is 7.27. The molecule has 2 aliphatic rings. The number of phenolic OH excluding ortho intramolecular Hbond substituents is 1. The first-order chi connectivity index (χ1) is 15.1. The molecule has 2 unspecified atom stereocenters. The summed E-state index contributed by atoms with van der Waals surface area (Å²) in [5.41, 5.74) is 3.14. The zero-order valence-corrected chi connectivity index (χ0v) is 17.5. The van der Waals surface area contributed by atoms with E-state index >= 15 is 0 Å². The molecule has 1 N–H and O–H groups in total. The Labute approximate surface area is 181 Å². The van der Waals surface area contributed by atoms with Crippen LogP contribution in [0.25, 0.3) is 21.5 Å². The second kappa shape index (κ2) is 6.58. The highest BCUT2D eigenvalue weighted by Gasteiger charge is 2.53. The van der Waals surface area contributed by atoms with E-state index in [9.17, 15) is 9.90 Å². The summed E-state index contributed by atoms with van der Waals surface area (Å²) in [6.45, 7) is 2.13. The van der Waals surface area contributed by atoms with Crippen LogP contribution in [0.4, 0.5) is 0 Å². The van der Waals surface area contributed by atoms with Crippen LogP contribution in [0, 0.1) is 0 Å². The van der Waals surface area contributed by atoms with Crippen LogP contribution in [0.2, 0.25) is 0 Å². The fourth-order valence-corrected chi connectivity index (χ4v) is 5.66. The van der Waals surface area contributed by atoms with Crippen molar-refractivity contribution in [2.24, 2.45) is 0 Å². The number of carbonyl (C=O) groups is 1. The normalized spacial score (nSPS) is 21.5. The van der Waals surface area contributed by atoms with Gasteiger partial charge in [-0.15, -0.1) is 0 Å². The van der Waals surface area contributed by atoms with Crippen LogP contribution in [-0.2, 0) is 16.8 Å². The number of benzene rings is 4. The van der Waals surface area contributed by atoms with Gasteiger partial charge < -0.3 is 9.84 Å². The first kappa shape index (κ1) is 18.4. The fourth-order valence-electron chi connectivity index (χ4n) is 5.66. The van der Waals surface area contributed by atoms with Crippen LogP contribution in [-0.4, -0.2) is 11.1 Å². The molecule has 4 aromatic rings. The molecule has 3 heteroatoms. The molecule has 2 aliphatic carbocycles. The van der Waals surface area contributed by atoms with Crippen molar-refractivity contribution in [3.05, 3.63) is 89.0 Å². The van der Waals surface area contributed by atoms with E-state index in [1.165, 1.54) is 5.56 Å². The maximum absolute atomic E-state index is 13.2. The molecule has 154 valence electrons. The van der Waals surface area contributed by atoms with E-state index in [0.29, 0.717) is 11.3 Å². The van der Waals surface area contributed by atoms with Crippen LogP contribution in [0.15, 0.2) is 66.7 Å². The minimum absolute atomic E-state index is 0.245. The molecule has 1 fully saturated rings. The molecule has 31 heavy (non-hydrogen) atoms. The SMILES string of the molecule is CCc1ccc2c(O)c3c(cc2c1)C1(OC(=O)c2ccc4ccccc4c2)CCC3C1. The molecule has 0 radical (unpaired) electrons. The van der Waals surface area contributed by atoms with Crippen LogP contribution >= 0.6 is 0 Å². The Morgan fingerprint density at radius 2 is 1.87 bits per heavy atom. The third kappa shape index (κ3) is 2.69. The van der Waals surface area contributed by atoms with E-state index in [-0.39, 0.29) is 11.9 Å². The van der Waals surface area contributed by atoms with Crippen LogP contribution < -0.4 is 0 Å². The highest BCUT2D eigenvalue weighted by atomic mass is 16.6. The number of fused-ring (bicyclic) bond motifs is 7. The highest BCUT2D eigenvalue weighted by Crippen LogP contribution is 2.61. The smallest absolute Gasteiger partial charge is 0.339 e. The molecule has 1 saturated carbocycles. The molecule has 4 aromatic carbocycles. The molecule has 6 rings (SSSR count). The molecule has 3 nitrogen and oxygen atoms in total. The van der Waals surface area contributed by atoms with Crippen molar-refractivity contribution in [1.82, 2.24) is 0 Å².